The monoisotopic (exact) mass is 422 g/mol. The van der Waals surface area contributed by atoms with Crippen molar-refractivity contribution in [3.8, 4) is 11.5 Å². The van der Waals surface area contributed by atoms with Crippen LogP contribution >= 0.6 is 7.60 Å². The molecule has 0 saturated carbocycles. The summed E-state index contributed by atoms with van der Waals surface area (Å²) in [5.74, 6) is 0.260. The number of benzene rings is 2. The normalized spacial score (nSPS) is 11.3. The maximum atomic E-state index is 11.6. The molecule has 2 aromatic rings. The van der Waals surface area contributed by atoms with Gasteiger partial charge in [-0.1, -0.05) is 12.1 Å². The Hall–Kier alpha value is -2.34. The average Bonchev–Trinajstić information content (AvgIpc) is 2.63. The Morgan fingerprint density at radius 3 is 2.34 bits per heavy atom. The number of hydrogen-bond acceptors (Lipinski definition) is 5. The van der Waals surface area contributed by atoms with E-state index in [1.54, 1.807) is 25.1 Å². The molecule has 7 nitrogen and oxygen atoms in total. The topological polar surface area (TPSA) is 113 Å². The molecule has 158 valence electrons. The quantitative estimate of drug-likeness (QED) is 0.418. The lowest BCUT2D eigenvalue weighted by atomic mass is 9.94. The summed E-state index contributed by atoms with van der Waals surface area (Å²) >= 11 is 0. The van der Waals surface area contributed by atoms with Crippen LogP contribution in [-0.4, -0.2) is 33.8 Å². The summed E-state index contributed by atoms with van der Waals surface area (Å²) in [6.07, 6.45) is 0.552. The van der Waals surface area contributed by atoms with Gasteiger partial charge >= 0.3 is 13.6 Å². The van der Waals surface area contributed by atoms with Crippen molar-refractivity contribution in [3.63, 3.8) is 0 Å². The lowest BCUT2D eigenvalue weighted by Gasteiger charge is -2.15. The van der Waals surface area contributed by atoms with E-state index in [9.17, 15) is 14.5 Å². The van der Waals surface area contributed by atoms with Crippen LogP contribution in [0.5, 0.6) is 11.5 Å². The molecule has 2 aromatic carbocycles. The molecule has 29 heavy (non-hydrogen) atoms. The minimum atomic E-state index is -4.24. The van der Waals surface area contributed by atoms with Gasteiger partial charge in [-0.3, -0.25) is 9.36 Å². The maximum absolute atomic E-state index is 11.6. The second kappa shape index (κ2) is 9.92. The minimum absolute atomic E-state index is 0.146. The van der Waals surface area contributed by atoms with Crippen LogP contribution in [0.2, 0.25) is 0 Å². The molecule has 3 N–H and O–H groups in total. The second-order valence-electron chi connectivity index (χ2n) is 6.92. The summed E-state index contributed by atoms with van der Waals surface area (Å²) < 4.78 is 21.1. The summed E-state index contributed by atoms with van der Waals surface area (Å²) in [6.45, 7) is 5.91. The molecule has 0 spiro atoms. The number of carbonyl (C=O) groups is 1. The molecule has 0 aromatic heterocycles. The van der Waals surface area contributed by atoms with Crippen molar-refractivity contribution in [3.05, 3.63) is 58.1 Å². The first-order valence-electron chi connectivity index (χ1n) is 9.33. The Morgan fingerprint density at radius 2 is 1.76 bits per heavy atom. The lowest BCUT2D eigenvalue weighted by molar-refractivity contribution is -0.143. The number of phenols is 1. The van der Waals surface area contributed by atoms with E-state index in [0.717, 1.165) is 22.3 Å². The summed E-state index contributed by atoms with van der Waals surface area (Å²) in [5, 5.41) is 10.1. The highest BCUT2D eigenvalue weighted by Gasteiger charge is 2.15. The van der Waals surface area contributed by atoms with Crippen LogP contribution in [-0.2, 0) is 26.9 Å². The van der Waals surface area contributed by atoms with Crippen molar-refractivity contribution in [1.82, 2.24) is 0 Å². The molecular formula is C21H27O7P. The predicted molar refractivity (Wildman–Crippen MR) is 109 cm³/mol. The summed E-state index contributed by atoms with van der Waals surface area (Å²) in [4.78, 5) is 29.5. The number of ether oxygens (including phenoxy) is 2. The predicted octanol–water partition coefficient (Wildman–Crippen LogP) is 3.61. The third-order valence-electron chi connectivity index (χ3n) is 4.50. The maximum Gasteiger partial charge on any atom is 0.362 e. The SMILES string of the molecule is CCOC(=O)CCc1cc(Cc2c(C)cc(OCP(=O)(O)O)cc2C)ccc1O. The van der Waals surface area contributed by atoms with Gasteiger partial charge in [-0.05, 0) is 79.6 Å². The van der Waals surface area contributed by atoms with Crippen LogP contribution in [0.15, 0.2) is 30.3 Å². The molecule has 0 unspecified atom stereocenters. The van der Waals surface area contributed by atoms with E-state index in [0.29, 0.717) is 30.8 Å². The zero-order chi connectivity index (χ0) is 21.6. The molecule has 2 rings (SSSR count). The highest BCUT2D eigenvalue weighted by molar-refractivity contribution is 7.51. The molecule has 0 radical (unpaired) electrons. The molecule has 0 fully saturated rings. The van der Waals surface area contributed by atoms with Crippen molar-refractivity contribution < 1.29 is 33.7 Å². The van der Waals surface area contributed by atoms with E-state index in [2.05, 4.69) is 0 Å². The van der Waals surface area contributed by atoms with Gasteiger partial charge in [0.1, 0.15) is 11.5 Å². The summed E-state index contributed by atoms with van der Waals surface area (Å²) in [6, 6.07) is 8.84. The lowest BCUT2D eigenvalue weighted by Crippen LogP contribution is -2.05. The van der Waals surface area contributed by atoms with E-state index >= 15 is 0 Å². The Labute approximate surface area is 170 Å². The van der Waals surface area contributed by atoms with Crippen LogP contribution in [0.3, 0.4) is 0 Å². The molecule has 0 atom stereocenters. The molecule has 0 heterocycles. The average molecular weight is 422 g/mol. The largest absolute Gasteiger partial charge is 0.508 e. The van der Waals surface area contributed by atoms with Gasteiger partial charge in [0, 0.05) is 6.42 Å². The number of aryl methyl sites for hydroxylation is 3. The first-order valence-corrected chi connectivity index (χ1v) is 11.1. The van der Waals surface area contributed by atoms with Crippen LogP contribution < -0.4 is 4.74 Å². The van der Waals surface area contributed by atoms with Crippen molar-refractivity contribution in [2.24, 2.45) is 0 Å². The van der Waals surface area contributed by atoms with E-state index in [4.69, 9.17) is 19.3 Å². The van der Waals surface area contributed by atoms with Crippen molar-refractivity contribution >= 4 is 13.6 Å². The van der Waals surface area contributed by atoms with E-state index in [-0.39, 0.29) is 18.1 Å². The zero-order valence-corrected chi connectivity index (χ0v) is 17.7. The molecular weight excluding hydrogens is 395 g/mol. The van der Waals surface area contributed by atoms with Gasteiger partial charge in [-0.25, -0.2) is 0 Å². The van der Waals surface area contributed by atoms with Gasteiger partial charge in [0.15, 0.2) is 6.35 Å². The molecule has 0 amide bonds. The van der Waals surface area contributed by atoms with Crippen LogP contribution in [0, 0.1) is 13.8 Å². The number of hydrogen-bond donors (Lipinski definition) is 3. The smallest absolute Gasteiger partial charge is 0.362 e. The Bertz CT molecular complexity index is 894. The number of phenolic OH excluding ortho intramolecular Hbond substituents is 1. The van der Waals surface area contributed by atoms with Crippen molar-refractivity contribution in [1.29, 1.82) is 0 Å². The minimum Gasteiger partial charge on any atom is -0.508 e. The third kappa shape index (κ3) is 7.20. The Kier molecular flexibility index (Phi) is 7.85. The van der Waals surface area contributed by atoms with Gasteiger partial charge < -0.3 is 24.4 Å². The molecule has 0 saturated heterocycles. The fourth-order valence-corrected chi connectivity index (χ4v) is 3.41. The Balaban J connectivity index is 2.15. The van der Waals surface area contributed by atoms with Crippen molar-refractivity contribution in [2.75, 3.05) is 13.0 Å². The van der Waals surface area contributed by atoms with E-state index in [1.165, 1.54) is 0 Å². The van der Waals surface area contributed by atoms with Crippen LogP contribution in [0.1, 0.15) is 41.2 Å². The first kappa shape index (κ1) is 22.9. The number of esters is 1. The molecule has 0 aliphatic rings. The Morgan fingerprint density at radius 1 is 1.10 bits per heavy atom. The van der Waals surface area contributed by atoms with E-state index in [1.807, 2.05) is 26.0 Å². The number of aromatic hydroxyl groups is 1. The molecule has 0 aliphatic carbocycles. The molecule has 8 heteroatoms. The highest BCUT2D eigenvalue weighted by Crippen LogP contribution is 2.35. The molecule has 0 aliphatic heterocycles. The number of carbonyl (C=O) groups excluding carboxylic acids is 1. The first-order chi connectivity index (χ1) is 13.6. The van der Waals surface area contributed by atoms with Crippen molar-refractivity contribution in [2.45, 2.75) is 40.0 Å². The summed E-state index contributed by atoms with van der Waals surface area (Å²) in [7, 11) is -4.24. The summed E-state index contributed by atoms with van der Waals surface area (Å²) in [5.41, 5.74) is 4.61. The van der Waals surface area contributed by atoms with Gasteiger partial charge in [-0.15, -0.1) is 0 Å². The molecule has 0 bridgehead atoms. The van der Waals surface area contributed by atoms with Crippen LogP contribution in [0.4, 0.5) is 0 Å². The van der Waals surface area contributed by atoms with Gasteiger partial charge in [0.05, 0.1) is 6.61 Å². The fourth-order valence-electron chi connectivity index (χ4n) is 3.10. The van der Waals surface area contributed by atoms with Gasteiger partial charge in [-0.2, -0.15) is 0 Å². The van der Waals surface area contributed by atoms with Gasteiger partial charge in [0.25, 0.3) is 0 Å². The fraction of sp³-hybridized carbons (Fsp3) is 0.381. The van der Waals surface area contributed by atoms with Gasteiger partial charge in [0.2, 0.25) is 0 Å². The standard InChI is InChI=1S/C21H27O7P/c1-4-27-21(23)8-6-17-11-16(5-7-20(17)22)12-19-14(2)9-18(10-15(19)3)28-13-29(24,25)26/h5,7,9-11,22H,4,6,8,12-13H2,1-3H3,(H2,24,25,26). The zero-order valence-electron chi connectivity index (χ0n) is 16.8. The highest BCUT2D eigenvalue weighted by atomic mass is 31.2. The van der Waals surface area contributed by atoms with E-state index < -0.39 is 13.9 Å². The second-order valence-corrected chi connectivity index (χ2v) is 8.51. The number of rotatable bonds is 9. The third-order valence-corrected chi connectivity index (χ3v) is 4.96. The van der Waals surface area contributed by atoms with Crippen LogP contribution in [0.25, 0.3) is 0 Å².